The summed E-state index contributed by atoms with van der Waals surface area (Å²) in [6, 6.07) is 13.9. The molecule has 41 heavy (non-hydrogen) atoms. The van der Waals surface area contributed by atoms with Crippen molar-refractivity contribution in [2.45, 2.75) is 18.4 Å². The van der Waals surface area contributed by atoms with Crippen molar-refractivity contribution in [1.82, 2.24) is 29.5 Å². The third kappa shape index (κ3) is 3.89. The number of imidazole rings is 1. The van der Waals surface area contributed by atoms with Gasteiger partial charge in [-0.15, -0.1) is 5.10 Å². The van der Waals surface area contributed by atoms with Gasteiger partial charge in [-0.3, -0.25) is 4.79 Å². The van der Waals surface area contributed by atoms with E-state index in [4.69, 9.17) is 27.9 Å². The van der Waals surface area contributed by atoms with Crippen LogP contribution in [0.3, 0.4) is 0 Å². The molecule has 9 nitrogen and oxygen atoms in total. The SMILES string of the molecule is C=C1COc2cc(-c3nc(C4C5CC5c5cc(-c6cc(Cl)ccc6-n6cc(Cl)nn6)cc(=O)n54)[nH]c3F)ccc2N1. The number of benzene rings is 2. The van der Waals surface area contributed by atoms with Crippen LogP contribution < -0.4 is 15.6 Å². The summed E-state index contributed by atoms with van der Waals surface area (Å²) in [4.78, 5) is 21.1. The summed E-state index contributed by atoms with van der Waals surface area (Å²) in [5.74, 6) is 0.781. The normalized spacial score (nSPS) is 20.2. The van der Waals surface area contributed by atoms with Gasteiger partial charge >= 0.3 is 0 Å². The lowest BCUT2D eigenvalue weighted by atomic mass is 10.0. The number of nitrogens with zero attached hydrogens (tertiary/aromatic N) is 5. The highest BCUT2D eigenvalue weighted by molar-refractivity contribution is 6.31. The Hall–Kier alpha value is -4.41. The van der Waals surface area contributed by atoms with Crippen LogP contribution in [0.25, 0.3) is 28.1 Å². The second-order valence-corrected chi connectivity index (χ2v) is 11.3. The standard InChI is InChI=1S/C29H20Cl2FN7O2/c1-13-12-41-23-7-14(2-4-20(23)33-13)26-28(32)35-29(34-26)27-19-10-18(19)22-6-15(8-25(40)39(22)27)17-9-16(30)3-5-21(17)38-11-24(31)36-37-38/h2-9,11,18-19,27,33H,1,10,12H2,(H,34,35). The summed E-state index contributed by atoms with van der Waals surface area (Å²) in [5.41, 5.74) is 5.07. The predicted octanol–water partition coefficient (Wildman–Crippen LogP) is 5.96. The molecule has 12 heteroatoms. The minimum Gasteiger partial charge on any atom is -0.485 e. The van der Waals surface area contributed by atoms with Gasteiger partial charge in [-0.2, -0.15) is 4.39 Å². The van der Waals surface area contributed by atoms with Crippen LogP contribution in [0.1, 0.15) is 29.9 Å². The van der Waals surface area contributed by atoms with Gasteiger partial charge in [0.15, 0.2) is 5.15 Å². The minimum atomic E-state index is -0.557. The molecule has 2 aliphatic heterocycles. The molecule has 5 heterocycles. The molecule has 0 radical (unpaired) electrons. The number of fused-ring (bicyclic) bond motifs is 4. The number of pyridine rings is 1. The number of nitrogens with one attached hydrogen (secondary N) is 2. The van der Waals surface area contributed by atoms with E-state index in [0.717, 1.165) is 29.1 Å². The van der Waals surface area contributed by atoms with Crippen molar-refractivity contribution in [3.63, 3.8) is 0 Å². The fourth-order valence-electron chi connectivity index (χ4n) is 6.04. The zero-order valence-corrected chi connectivity index (χ0v) is 22.7. The average molecular weight is 588 g/mol. The van der Waals surface area contributed by atoms with Crippen LogP contribution in [0.4, 0.5) is 10.1 Å². The van der Waals surface area contributed by atoms with Crippen LogP contribution >= 0.6 is 23.2 Å². The zero-order valence-electron chi connectivity index (χ0n) is 21.2. The van der Waals surface area contributed by atoms with Crippen molar-refractivity contribution < 1.29 is 9.13 Å². The summed E-state index contributed by atoms with van der Waals surface area (Å²) in [6.07, 6.45) is 2.47. The number of ether oxygens (including phenoxy) is 1. The van der Waals surface area contributed by atoms with E-state index in [-0.39, 0.29) is 28.2 Å². The topological polar surface area (TPSA) is 103 Å². The molecule has 5 aromatic rings. The summed E-state index contributed by atoms with van der Waals surface area (Å²) >= 11 is 12.4. The molecule has 3 aromatic heterocycles. The van der Waals surface area contributed by atoms with Crippen LogP contribution in [0.5, 0.6) is 5.75 Å². The molecule has 3 aliphatic rings. The number of halogens is 3. The molecule has 0 spiro atoms. The second-order valence-electron chi connectivity index (χ2n) is 10.5. The second kappa shape index (κ2) is 8.79. The van der Waals surface area contributed by atoms with Gasteiger partial charge in [0.1, 0.15) is 23.9 Å². The Morgan fingerprint density at radius 1 is 1.10 bits per heavy atom. The lowest BCUT2D eigenvalue weighted by Gasteiger charge is -2.21. The molecule has 0 saturated heterocycles. The lowest BCUT2D eigenvalue weighted by Crippen LogP contribution is -2.26. The molecule has 0 bridgehead atoms. The highest BCUT2D eigenvalue weighted by Gasteiger charge is 2.54. The van der Waals surface area contributed by atoms with E-state index in [9.17, 15) is 4.79 Å². The van der Waals surface area contributed by atoms with Gasteiger partial charge in [-0.1, -0.05) is 41.1 Å². The van der Waals surface area contributed by atoms with Gasteiger partial charge < -0.3 is 19.6 Å². The van der Waals surface area contributed by atoms with E-state index >= 15 is 4.39 Å². The molecule has 1 saturated carbocycles. The van der Waals surface area contributed by atoms with Crippen LogP contribution in [-0.4, -0.2) is 36.1 Å². The lowest BCUT2D eigenvalue weighted by molar-refractivity contribution is 0.347. The van der Waals surface area contributed by atoms with E-state index < -0.39 is 12.0 Å². The first-order valence-corrected chi connectivity index (χ1v) is 13.7. The quantitative estimate of drug-likeness (QED) is 0.269. The molecule has 1 fully saturated rings. The predicted molar refractivity (Wildman–Crippen MR) is 152 cm³/mol. The van der Waals surface area contributed by atoms with Crippen LogP contribution in [0.2, 0.25) is 10.2 Å². The van der Waals surface area contributed by atoms with E-state index in [1.54, 1.807) is 45.8 Å². The Balaban J connectivity index is 1.19. The van der Waals surface area contributed by atoms with Crippen molar-refractivity contribution in [3.05, 3.63) is 105 Å². The molecule has 3 unspecified atom stereocenters. The van der Waals surface area contributed by atoms with E-state index in [1.807, 2.05) is 18.2 Å². The number of aromatic nitrogens is 6. The van der Waals surface area contributed by atoms with Crippen LogP contribution in [-0.2, 0) is 0 Å². The molecule has 0 amide bonds. The third-order valence-electron chi connectivity index (χ3n) is 7.91. The Labute approximate surface area is 242 Å². The van der Waals surface area contributed by atoms with E-state index in [0.29, 0.717) is 40.0 Å². The molecule has 2 N–H and O–H groups in total. The number of aromatic amines is 1. The molecular weight excluding hydrogens is 568 g/mol. The summed E-state index contributed by atoms with van der Waals surface area (Å²) in [5, 5.41) is 11.9. The Morgan fingerprint density at radius 2 is 1.98 bits per heavy atom. The first-order valence-electron chi connectivity index (χ1n) is 13.0. The highest BCUT2D eigenvalue weighted by Crippen LogP contribution is 2.60. The Morgan fingerprint density at radius 3 is 2.80 bits per heavy atom. The van der Waals surface area contributed by atoms with Crippen molar-refractivity contribution in [2.24, 2.45) is 5.92 Å². The largest absolute Gasteiger partial charge is 0.485 e. The fourth-order valence-corrected chi connectivity index (χ4v) is 6.34. The minimum absolute atomic E-state index is 0.145. The van der Waals surface area contributed by atoms with Crippen LogP contribution in [0, 0.1) is 11.9 Å². The van der Waals surface area contributed by atoms with Gasteiger partial charge in [0.2, 0.25) is 5.95 Å². The monoisotopic (exact) mass is 587 g/mol. The first-order chi connectivity index (χ1) is 19.8. The molecule has 1 aliphatic carbocycles. The maximum atomic E-state index is 15.3. The molecule has 3 atom stereocenters. The maximum Gasteiger partial charge on any atom is 0.252 e. The van der Waals surface area contributed by atoms with Gasteiger partial charge in [-0.05, 0) is 54.3 Å². The molecular formula is C29H20Cl2FN7O2. The van der Waals surface area contributed by atoms with Gasteiger partial charge in [0.05, 0.1) is 23.6 Å². The smallest absolute Gasteiger partial charge is 0.252 e. The van der Waals surface area contributed by atoms with E-state index in [2.05, 4.69) is 32.2 Å². The van der Waals surface area contributed by atoms with Gasteiger partial charge in [-0.25, -0.2) is 9.67 Å². The van der Waals surface area contributed by atoms with Gasteiger partial charge in [0, 0.05) is 39.5 Å². The van der Waals surface area contributed by atoms with Gasteiger partial charge in [0.25, 0.3) is 5.56 Å². The maximum absolute atomic E-state index is 15.3. The summed E-state index contributed by atoms with van der Waals surface area (Å²) in [7, 11) is 0. The molecule has 204 valence electrons. The van der Waals surface area contributed by atoms with Crippen molar-refractivity contribution in [1.29, 1.82) is 0 Å². The third-order valence-corrected chi connectivity index (χ3v) is 8.32. The van der Waals surface area contributed by atoms with Crippen molar-refractivity contribution in [2.75, 3.05) is 11.9 Å². The Kier molecular flexibility index (Phi) is 5.23. The first kappa shape index (κ1) is 24.4. The average Bonchev–Trinajstić information content (AvgIpc) is 3.27. The van der Waals surface area contributed by atoms with Crippen molar-refractivity contribution >= 4 is 28.9 Å². The molecule has 8 rings (SSSR count). The number of hydrogen-bond donors (Lipinski definition) is 2. The molecule has 2 aromatic carbocycles. The number of hydrogen-bond acceptors (Lipinski definition) is 6. The van der Waals surface area contributed by atoms with Crippen molar-refractivity contribution in [3.8, 4) is 33.8 Å². The van der Waals surface area contributed by atoms with Crippen LogP contribution in [0.15, 0.2) is 71.8 Å². The summed E-state index contributed by atoms with van der Waals surface area (Å²) < 4.78 is 24.3. The number of anilines is 1. The highest BCUT2D eigenvalue weighted by atomic mass is 35.5. The number of H-pyrrole nitrogens is 1. The van der Waals surface area contributed by atoms with E-state index in [1.165, 1.54) is 0 Å². The summed E-state index contributed by atoms with van der Waals surface area (Å²) in [6.45, 7) is 4.21. The fraction of sp³-hybridized carbons (Fsp3) is 0.172. The zero-order chi connectivity index (χ0) is 28.0. The number of rotatable bonds is 4. The Bertz CT molecular complexity index is 1980.